The average Bonchev–Trinajstić information content (AvgIpc) is 2.40. The largest absolute Gasteiger partial charge is 0.395 e. The van der Waals surface area contributed by atoms with Gasteiger partial charge in [-0.2, -0.15) is 11.8 Å². The molecule has 1 amide bonds. The van der Waals surface area contributed by atoms with Crippen molar-refractivity contribution in [2.24, 2.45) is 0 Å². The number of carbonyl (C=O) groups excluding carboxylic acids is 1. The normalized spacial score (nSPS) is 15.6. The molecule has 2 N–H and O–H groups in total. The Morgan fingerprint density at radius 1 is 1.37 bits per heavy atom. The van der Waals surface area contributed by atoms with E-state index in [0.717, 1.165) is 10.0 Å². The van der Waals surface area contributed by atoms with E-state index < -0.39 is 0 Å². The molecule has 1 rings (SSSR count). The fourth-order valence-corrected chi connectivity index (χ4v) is 2.67. The van der Waals surface area contributed by atoms with Crippen molar-refractivity contribution in [3.8, 4) is 0 Å². The number of carbonyl (C=O) groups is 1. The Labute approximate surface area is 127 Å². The summed E-state index contributed by atoms with van der Waals surface area (Å²) in [7, 11) is 0. The predicted molar refractivity (Wildman–Crippen MR) is 84.6 cm³/mol. The van der Waals surface area contributed by atoms with Gasteiger partial charge in [-0.15, -0.1) is 0 Å². The maximum absolute atomic E-state index is 12.2. The second kappa shape index (κ2) is 7.92. The molecule has 3 atom stereocenters. The first kappa shape index (κ1) is 16.5. The number of hydrogen-bond acceptors (Lipinski definition) is 3. The van der Waals surface area contributed by atoms with E-state index in [1.165, 1.54) is 0 Å². The number of thioether (sulfide) groups is 1. The van der Waals surface area contributed by atoms with Crippen molar-refractivity contribution < 1.29 is 9.90 Å². The van der Waals surface area contributed by atoms with Crippen LogP contribution in [0.3, 0.4) is 0 Å². The lowest BCUT2D eigenvalue weighted by Crippen LogP contribution is -2.42. The smallest absolute Gasteiger partial charge is 0.227 e. The van der Waals surface area contributed by atoms with Gasteiger partial charge in [0, 0.05) is 15.8 Å². The van der Waals surface area contributed by atoms with Gasteiger partial charge < -0.3 is 10.4 Å². The van der Waals surface area contributed by atoms with Crippen LogP contribution in [-0.2, 0) is 4.79 Å². The Morgan fingerprint density at radius 3 is 2.42 bits per heavy atom. The summed E-state index contributed by atoms with van der Waals surface area (Å²) in [6.45, 7) is 3.87. The van der Waals surface area contributed by atoms with Crippen LogP contribution in [0.15, 0.2) is 28.7 Å². The van der Waals surface area contributed by atoms with Gasteiger partial charge in [-0.25, -0.2) is 0 Å². The number of aliphatic hydroxyl groups is 1. The Bertz CT molecular complexity index is 406. The predicted octanol–water partition coefficient (Wildman–Crippen LogP) is 2.78. The van der Waals surface area contributed by atoms with Gasteiger partial charge >= 0.3 is 0 Å². The summed E-state index contributed by atoms with van der Waals surface area (Å²) in [6.07, 6.45) is 1.93. The first-order chi connectivity index (χ1) is 8.99. The maximum Gasteiger partial charge on any atom is 0.227 e. The van der Waals surface area contributed by atoms with Gasteiger partial charge in [0.15, 0.2) is 0 Å². The van der Waals surface area contributed by atoms with Gasteiger partial charge in [0.1, 0.15) is 0 Å². The van der Waals surface area contributed by atoms with Crippen LogP contribution < -0.4 is 5.32 Å². The average molecular weight is 346 g/mol. The van der Waals surface area contributed by atoms with E-state index >= 15 is 0 Å². The lowest BCUT2D eigenvalue weighted by molar-refractivity contribution is -0.122. The molecule has 0 radical (unpaired) electrons. The zero-order valence-electron chi connectivity index (χ0n) is 11.4. The van der Waals surface area contributed by atoms with Crippen molar-refractivity contribution in [2.45, 2.75) is 31.1 Å². The highest BCUT2D eigenvalue weighted by Crippen LogP contribution is 2.19. The number of rotatable bonds is 6. The van der Waals surface area contributed by atoms with Crippen LogP contribution in [0.4, 0.5) is 0 Å². The van der Waals surface area contributed by atoms with Gasteiger partial charge in [-0.3, -0.25) is 4.79 Å². The van der Waals surface area contributed by atoms with Crippen molar-refractivity contribution in [3.05, 3.63) is 34.3 Å². The summed E-state index contributed by atoms with van der Waals surface area (Å²) in [5.74, 6) is -0.209. The number of halogens is 1. The molecule has 1 aromatic carbocycles. The van der Waals surface area contributed by atoms with E-state index in [0.29, 0.717) is 0 Å². The number of benzene rings is 1. The number of amides is 1. The fourth-order valence-electron chi connectivity index (χ4n) is 1.78. The standard InChI is InChI=1S/C14H20BrNO2S/c1-9(11-4-6-12(15)7-5-11)14(18)16-10(2)13(8-17)19-3/h4-7,9-10,13,17H,8H2,1-3H3,(H,16,18). The van der Waals surface area contributed by atoms with Gasteiger partial charge in [0.2, 0.25) is 5.91 Å². The summed E-state index contributed by atoms with van der Waals surface area (Å²) in [5, 5.41) is 12.2. The maximum atomic E-state index is 12.2. The minimum Gasteiger partial charge on any atom is -0.395 e. The molecular weight excluding hydrogens is 326 g/mol. The number of hydrogen-bond donors (Lipinski definition) is 2. The summed E-state index contributed by atoms with van der Waals surface area (Å²) < 4.78 is 1.000. The van der Waals surface area contributed by atoms with E-state index in [-0.39, 0.29) is 29.7 Å². The van der Waals surface area contributed by atoms with Crippen LogP contribution >= 0.6 is 27.7 Å². The van der Waals surface area contributed by atoms with Crippen LogP contribution in [0.2, 0.25) is 0 Å². The highest BCUT2D eigenvalue weighted by atomic mass is 79.9. The van der Waals surface area contributed by atoms with Crippen molar-refractivity contribution in [1.82, 2.24) is 5.32 Å². The molecule has 0 aliphatic rings. The Kier molecular flexibility index (Phi) is 6.89. The molecule has 0 bridgehead atoms. The van der Waals surface area contributed by atoms with Crippen LogP contribution in [0.5, 0.6) is 0 Å². The van der Waals surface area contributed by atoms with Crippen LogP contribution in [0.1, 0.15) is 25.3 Å². The minimum atomic E-state index is -0.197. The van der Waals surface area contributed by atoms with Crippen LogP contribution in [0, 0.1) is 0 Å². The van der Waals surface area contributed by atoms with E-state index in [4.69, 9.17) is 0 Å². The molecule has 0 aliphatic carbocycles. The van der Waals surface area contributed by atoms with Gasteiger partial charge in [-0.1, -0.05) is 28.1 Å². The monoisotopic (exact) mass is 345 g/mol. The van der Waals surface area contributed by atoms with Crippen molar-refractivity contribution in [2.75, 3.05) is 12.9 Å². The van der Waals surface area contributed by atoms with E-state index in [2.05, 4.69) is 21.2 Å². The minimum absolute atomic E-state index is 0.0117. The molecule has 106 valence electrons. The molecule has 19 heavy (non-hydrogen) atoms. The molecule has 0 spiro atoms. The fraction of sp³-hybridized carbons (Fsp3) is 0.500. The van der Waals surface area contributed by atoms with Crippen molar-refractivity contribution in [1.29, 1.82) is 0 Å². The van der Waals surface area contributed by atoms with Crippen molar-refractivity contribution in [3.63, 3.8) is 0 Å². The SMILES string of the molecule is CSC(CO)C(C)NC(=O)C(C)c1ccc(Br)cc1. The highest BCUT2D eigenvalue weighted by Gasteiger charge is 2.21. The molecule has 3 nitrogen and oxygen atoms in total. The summed E-state index contributed by atoms with van der Waals surface area (Å²) in [4.78, 5) is 12.2. The second-order valence-electron chi connectivity index (χ2n) is 4.53. The first-order valence-corrected chi connectivity index (χ1v) is 8.27. The zero-order valence-corrected chi connectivity index (χ0v) is 13.8. The molecule has 0 aromatic heterocycles. The molecule has 0 saturated carbocycles. The molecule has 0 saturated heterocycles. The zero-order chi connectivity index (χ0) is 14.4. The lowest BCUT2D eigenvalue weighted by atomic mass is 10.00. The third-order valence-electron chi connectivity index (χ3n) is 3.17. The third kappa shape index (κ3) is 4.82. The van der Waals surface area contributed by atoms with Crippen LogP contribution in [-0.4, -0.2) is 35.2 Å². The summed E-state index contributed by atoms with van der Waals surface area (Å²) >= 11 is 4.94. The van der Waals surface area contributed by atoms with E-state index in [1.807, 2.05) is 44.4 Å². The van der Waals surface area contributed by atoms with E-state index in [1.54, 1.807) is 11.8 Å². The Hall–Kier alpha value is -0.520. The first-order valence-electron chi connectivity index (χ1n) is 6.19. The number of nitrogens with one attached hydrogen (secondary N) is 1. The molecular formula is C14H20BrNO2S. The quantitative estimate of drug-likeness (QED) is 0.833. The van der Waals surface area contributed by atoms with Crippen LogP contribution in [0.25, 0.3) is 0 Å². The Morgan fingerprint density at radius 2 is 1.95 bits per heavy atom. The molecule has 5 heteroatoms. The molecule has 3 unspecified atom stereocenters. The summed E-state index contributed by atoms with van der Waals surface area (Å²) in [5.41, 5.74) is 0.984. The second-order valence-corrected chi connectivity index (χ2v) is 6.52. The lowest BCUT2D eigenvalue weighted by Gasteiger charge is -2.23. The Balaban J connectivity index is 2.64. The third-order valence-corrected chi connectivity index (χ3v) is 4.87. The molecule has 0 fully saturated rings. The summed E-state index contributed by atoms with van der Waals surface area (Å²) in [6, 6.07) is 7.70. The van der Waals surface area contributed by atoms with Gasteiger partial charge in [0.25, 0.3) is 0 Å². The molecule has 0 aliphatic heterocycles. The van der Waals surface area contributed by atoms with Gasteiger partial charge in [0.05, 0.1) is 12.5 Å². The van der Waals surface area contributed by atoms with E-state index in [9.17, 15) is 9.90 Å². The van der Waals surface area contributed by atoms with Crippen molar-refractivity contribution >= 4 is 33.6 Å². The highest BCUT2D eigenvalue weighted by molar-refractivity contribution is 9.10. The topological polar surface area (TPSA) is 49.3 Å². The molecule has 0 heterocycles. The van der Waals surface area contributed by atoms with Gasteiger partial charge in [-0.05, 0) is 37.8 Å². The molecule has 1 aromatic rings. The number of aliphatic hydroxyl groups excluding tert-OH is 1.